The lowest BCUT2D eigenvalue weighted by atomic mass is 10.1. The van der Waals surface area contributed by atoms with Gasteiger partial charge in [0.25, 0.3) is 5.91 Å². The number of ether oxygens (including phenoxy) is 3. The van der Waals surface area contributed by atoms with Crippen LogP contribution in [0.15, 0.2) is 53.6 Å². The fourth-order valence-electron chi connectivity index (χ4n) is 3.79. The second-order valence-electron chi connectivity index (χ2n) is 8.50. The van der Waals surface area contributed by atoms with E-state index in [1.54, 1.807) is 36.4 Å². The number of methoxy groups -OCH3 is 2. The summed E-state index contributed by atoms with van der Waals surface area (Å²) in [7, 11) is 2.94. The monoisotopic (exact) mass is 644 g/mol. The van der Waals surface area contributed by atoms with Crippen molar-refractivity contribution in [3.63, 3.8) is 0 Å². The number of halogens is 1. The van der Waals surface area contributed by atoms with Crippen LogP contribution in [0.2, 0.25) is 0 Å². The van der Waals surface area contributed by atoms with Crippen molar-refractivity contribution in [2.45, 2.75) is 20.8 Å². The Hall–Kier alpha value is -4.13. The van der Waals surface area contributed by atoms with Crippen LogP contribution in [0, 0.1) is 24.3 Å². The molecule has 3 rings (SSSR count). The summed E-state index contributed by atoms with van der Waals surface area (Å²) in [6.07, 6.45) is 1.36. The zero-order valence-electron chi connectivity index (χ0n) is 22.2. The number of hydrogen-bond donors (Lipinski definition) is 3. The first-order valence-corrected chi connectivity index (χ1v) is 12.9. The fourth-order valence-corrected chi connectivity index (χ4v) is 4.57. The molecule has 0 radical (unpaired) electrons. The van der Waals surface area contributed by atoms with Crippen LogP contribution in [0.3, 0.4) is 0 Å². The molecule has 0 atom stereocenters. The minimum absolute atomic E-state index is 0.218. The van der Waals surface area contributed by atoms with E-state index in [1.807, 2.05) is 32.9 Å². The molecule has 3 aromatic carbocycles. The highest BCUT2D eigenvalue weighted by Gasteiger charge is 2.16. The van der Waals surface area contributed by atoms with Crippen LogP contribution in [0.1, 0.15) is 22.3 Å². The molecular weight excluding hydrogens is 615 g/mol. The van der Waals surface area contributed by atoms with Crippen LogP contribution in [0.4, 0.5) is 11.4 Å². The van der Waals surface area contributed by atoms with Crippen LogP contribution in [-0.4, -0.2) is 44.8 Å². The third-order valence-electron chi connectivity index (χ3n) is 5.48. The van der Waals surface area contributed by atoms with Crippen LogP contribution in [-0.2, 0) is 14.4 Å². The zero-order valence-corrected chi connectivity index (χ0v) is 24.3. The first-order chi connectivity index (χ1) is 18.6. The lowest BCUT2D eigenvalue weighted by Crippen LogP contribution is -2.32. The smallest absolute Gasteiger partial charge is 0.329 e. The highest BCUT2D eigenvalue weighted by molar-refractivity contribution is 14.1. The van der Waals surface area contributed by atoms with Gasteiger partial charge in [0.05, 0.1) is 29.7 Å². The van der Waals surface area contributed by atoms with Gasteiger partial charge >= 0.3 is 11.8 Å². The van der Waals surface area contributed by atoms with E-state index in [4.69, 9.17) is 14.2 Å². The Labute approximate surface area is 240 Å². The number of nitrogens with one attached hydrogen (secondary N) is 3. The number of aryl methyl sites for hydroxylation is 3. The maximum atomic E-state index is 12.6. The molecule has 204 valence electrons. The van der Waals surface area contributed by atoms with Crippen molar-refractivity contribution in [2.75, 3.05) is 31.5 Å². The average Bonchev–Trinajstić information content (AvgIpc) is 2.90. The number of amides is 3. The molecular formula is C28H29IN4O6. The number of hydrogen-bond acceptors (Lipinski definition) is 7. The molecule has 0 spiro atoms. The highest BCUT2D eigenvalue weighted by Crippen LogP contribution is 2.33. The van der Waals surface area contributed by atoms with Crippen molar-refractivity contribution < 1.29 is 28.6 Å². The topological polar surface area (TPSA) is 127 Å². The number of benzene rings is 3. The van der Waals surface area contributed by atoms with Gasteiger partial charge in [-0.25, -0.2) is 5.43 Å². The van der Waals surface area contributed by atoms with E-state index in [1.165, 1.54) is 20.4 Å². The Balaban J connectivity index is 1.61. The van der Waals surface area contributed by atoms with Gasteiger partial charge in [-0.2, -0.15) is 5.10 Å². The standard InChI is InChI=1S/C28H29IN4O6/c1-16-10-17(2)25(18(3)11-16)32-24(34)15-39-26-20(29)12-19(13-23(26)38-5)14-30-33-28(36)27(35)31-21-8-6-7-9-22(21)37-4/h6-14H,15H2,1-5H3,(H,31,35)(H,32,34)(H,33,36)/b30-14-. The zero-order chi connectivity index (χ0) is 28.5. The molecule has 39 heavy (non-hydrogen) atoms. The second kappa shape index (κ2) is 13.6. The Morgan fingerprint density at radius 2 is 1.56 bits per heavy atom. The van der Waals surface area contributed by atoms with E-state index in [0.29, 0.717) is 32.1 Å². The molecule has 11 heteroatoms. The third-order valence-corrected chi connectivity index (χ3v) is 6.28. The molecule has 0 aliphatic rings. The number of anilines is 2. The van der Waals surface area contributed by atoms with Gasteiger partial charge in [-0.15, -0.1) is 0 Å². The quantitative estimate of drug-likeness (QED) is 0.138. The molecule has 3 aromatic rings. The van der Waals surface area contributed by atoms with E-state index >= 15 is 0 Å². The van der Waals surface area contributed by atoms with Crippen LogP contribution in [0.5, 0.6) is 17.2 Å². The Kier molecular flexibility index (Phi) is 10.3. The predicted octanol–water partition coefficient (Wildman–Crippen LogP) is 4.34. The summed E-state index contributed by atoms with van der Waals surface area (Å²) >= 11 is 2.05. The molecule has 0 heterocycles. The highest BCUT2D eigenvalue weighted by atomic mass is 127. The van der Waals surface area contributed by atoms with E-state index in [0.717, 1.165) is 22.4 Å². The van der Waals surface area contributed by atoms with Crippen molar-refractivity contribution in [1.82, 2.24) is 5.43 Å². The minimum Gasteiger partial charge on any atom is -0.495 e. The van der Waals surface area contributed by atoms with Gasteiger partial charge in [0.15, 0.2) is 18.1 Å². The predicted molar refractivity (Wildman–Crippen MR) is 158 cm³/mol. The number of carbonyl (C=O) groups is 3. The third kappa shape index (κ3) is 7.93. The molecule has 3 N–H and O–H groups in total. The molecule has 0 fully saturated rings. The van der Waals surface area contributed by atoms with Crippen LogP contribution in [0.25, 0.3) is 0 Å². The van der Waals surface area contributed by atoms with Gasteiger partial charge in [-0.1, -0.05) is 29.8 Å². The largest absolute Gasteiger partial charge is 0.495 e. The van der Waals surface area contributed by atoms with E-state index in [2.05, 4.69) is 43.8 Å². The number of para-hydroxylation sites is 2. The summed E-state index contributed by atoms with van der Waals surface area (Å²) in [6, 6.07) is 14.1. The first-order valence-electron chi connectivity index (χ1n) is 11.8. The summed E-state index contributed by atoms with van der Waals surface area (Å²) < 4.78 is 17.0. The van der Waals surface area contributed by atoms with Crippen molar-refractivity contribution in [2.24, 2.45) is 5.10 Å². The summed E-state index contributed by atoms with van der Waals surface area (Å²) in [6.45, 7) is 5.67. The van der Waals surface area contributed by atoms with E-state index in [9.17, 15) is 14.4 Å². The van der Waals surface area contributed by atoms with E-state index in [-0.39, 0.29) is 12.5 Å². The van der Waals surface area contributed by atoms with Gasteiger partial charge in [0.2, 0.25) is 0 Å². The molecule has 0 aromatic heterocycles. The molecule has 10 nitrogen and oxygen atoms in total. The van der Waals surface area contributed by atoms with Gasteiger partial charge in [0.1, 0.15) is 5.75 Å². The Bertz CT molecular complexity index is 1400. The van der Waals surface area contributed by atoms with E-state index < -0.39 is 11.8 Å². The first kappa shape index (κ1) is 29.4. The second-order valence-corrected chi connectivity index (χ2v) is 9.66. The van der Waals surface area contributed by atoms with Crippen molar-refractivity contribution in [3.05, 3.63) is 74.4 Å². The molecule has 0 saturated heterocycles. The summed E-state index contributed by atoms with van der Waals surface area (Å²) in [4.78, 5) is 36.9. The molecule has 0 aliphatic heterocycles. The number of rotatable bonds is 9. The Morgan fingerprint density at radius 3 is 2.23 bits per heavy atom. The Morgan fingerprint density at radius 1 is 0.897 bits per heavy atom. The molecule has 0 aliphatic carbocycles. The van der Waals surface area contributed by atoms with Gasteiger partial charge in [-0.05, 0) is 84.3 Å². The van der Waals surface area contributed by atoms with Gasteiger partial charge in [0, 0.05) is 5.69 Å². The molecule has 0 unspecified atom stereocenters. The van der Waals surface area contributed by atoms with Crippen molar-refractivity contribution in [1.29, 1.82) is 0 Å². The summed E-state index contributed by atoms with van der Waals surface area (Å²) in [5.41, 5.74) is 6.95. The summed E-state index contributed by atoms with van der Waals surface area (Å²) in [5, 5.41) is 9.23. The molecule has 0 saturated carbocycles. The van der Waals surface area contributed by atoms with Crippen molar-refractivity contribution in [3.8, 4) is 17.2 Å². The normalized spacial score (nSPS) is 10.6. The van der Waals surface area contributed by atoms with Crippen LogP contribution < -0.4 is 30.3 Å². The number of carbonyl (C=O) groups excluding carboxylic acids is 3. The average molecular weight is 644 g/mol. The lowest BCUT2D eigenvalue weighted by molar-refractivity contribution is -0.136. The van der Waals surface area contributed by atoms with Crippen molar-refractivity contribution >= 4 is 57.9 Å². The lowest BCUT2D eigenvalue weighted by Gasteiger charge is -2.15. The van der Waals surface area contributed by atoms with Crippen LogP contribution >= 0.6 is 22.6 Å². The number of hydrazone groups is 1. The van der Waals surface area contributed by atoms with Gasteiger partial charge < -0.3 is 24.8 Å². The maximum absolute atomic E-state index is 12.6. The SMILES string of the molecule is COc1ccccc1NC(=O)C(=O)N/N=C\c1cc(I)c(OCC(=O)Nc2c(C)cc(C)cc2C)c(OC)c1. The number of nitrogens with zero attached hydrogens (tertiary/aromatic N) is 1. The molecule has 0 bridgehead atoms. The van der Waals surface area contributed by atoms with Gasteiger partial charge in [-0.3, -0.25) is 14.4 Å². The minimum atomic E-state index is -0.955. The fraction of sp³-hybridized carbons (Fsp3) is 0.214. The maximum Gasteiger partial charge on any atom is 0.329 e. The molecule has 3 amide bonds. The summed E-state index contributed by atoms with van der Waals surface area (Å²) in [5.74, 6) is -0.973.